The molecule has 0 saturated heterocycles. The first kappa shape index (κ1) is 16.2. The quantitative estimate of drug-likeness (QED) is 0.553. The van der Waals surface area contributed by atoms with Gasteiger partial charge >= 0.3 is 0 Å². The summed E-state index contributed by atoms with van der Waals surface area (Å²) in [5.41, 5.74) is 0.0458. The van der Waals surface area contributed by atoms with E-state index in [-0.39, 0.29) is 5.69 Å². The number of hydrogen-bond acceptors (Lipinski definition) is 6. The van der Waals surface area contributed by atoms with Crippen LogP contribution >= 0.6 is 0 Å². The lowest BCUT2D eigenvalue weighted by Crippen LogP contribution is -2.28. The smallest absolute Gasteiger partial charge is 0.276 e. The maximum absolute atomic E-state index is 11.0. The molecule has 0 aliphatic carbocycles. The van der Waals surface area contributed by atoms with Crippen molar-refractivity contribution in [2.24, 2.45) is 0 Å². The highest BCUT2D eigenvalue weighted by atomic mass is 16.6. The summed E-state index contributed by atoms with van der Waals surface area (Å²) in [6, 6.07) is 2.96. The predicted molar refractivity (Wildman–Crippen MR) is 79.4 cm³/mol. The van der Waals surface area contributed by atoms with E-state index in [1.54, 1.807) is 7.11 Å². The number of likely N-dealkylation sites (N-methyl/N-ethyl adjacent to an activating group) is 1. The zero-order chi connectivity index (χ0) is 15.0. The molecule has 20 heavy (non-hydrogen) atoms. The van der Waals surface area contributed by atoms with Crippen molar-refractivity contribution in [3.8, 4) is 0 Å². The van der Waals surface area contributed by atoms with E-state index in [1.165, 1.54) is 12.1 Å². The maximum atomic E-state index is 11.0. The Morgan fingerprint density at radius 2 is 2.20 bits per heavy atom. The molecule has 0 unspecified atom stereocenters. The summed E-state index contributed by atoms with van der Waals surface area (Å²) in [5.74, 6) is 1.13. The van der Waals surface area contributed by atoms with Crippen molar-refractivity contribution in [2.45, 2.75) is 20.3 Å². The molecule has 1 aromatic heterocycles. The summed E-state index contributed by atoms with van der Waals surface area (Å²) in [6.07, 6.45) is 0.931. The lowest BCUT2D eigenvalue weighted by molar-refractivity contribution is -0.384. The zero-order valence-corrected chi connectivity index (χ0v) is 12.3. The fraction of sp³-hybridized carbons (Fsp3) is 0.615. The van der Waals surface area contributed by atoms with Crippen molar-refractivity contribution >= 4 is 17.3 Å². The van der Waals surface area contributed by atoms with Gasteiger partial charge in [-0.05, 0) is 13.3 Å². The molecule has 0 saturated carbocycles. The summed E-state index contributed by atoms with van der Waals surface area (Å²) in [7, 11) is 1.63. The molecule has 0 amide bonds. The molecule has 1 N–H and O–H groups in total. The number of nitro groups is 1. The van der Waals surface area contributed by atoms with Gasteiger partial charge in [0.05, 0.1) is 23.7 Å². The molecule has 0 fully saturated rings. The monoisotopic (exact) mass is 282 g/mol. The van der Waals surface area contributed by atoms with Gasteiger partial charge < -0.3 is 15.0 Å². The Hall–Kier alpha value is -1.89. The normalized spacial score (nSPS) is 10.3. The number of pyridine rings is 1. The number of nitrogens with zero attached hydrogens (tertiary/aromatic N) is 3. The number of ether oxygens (including phenoxy) is 1. The first-order valence-corrected chi connectivity index (χ1v) is 6.76. The van der Waals surface area contributed by atoms with E-state index in [0.29, 0.717) is 31.3 Å². The van der Waals surface area contributed by atoms with Crippen molar-refractivity contribution in [1.82, 2.24) is 4.98 Å². The molecule has 0 bridgehead atoms. The number of aromatic nitrogens is 1. The van der Waals surface area contributed by atoms with E-state index in [0.717, 1.165) is 13.0 Å². The van der Waals surface area contributed by atoms with Crippen LogP contribution < -0.4 is 10.2 Å². The second-order valence-corrected chi connectivity index (χ2v) is 4.33. The largest absolute Gasteiger partial charge is 0.383 e. The minimum atomic E-state index is -0.396. The van der Waals surface area contributed by atoms with Crippen LogP contribution in [0.4, 0.5) is 17.3 Å². The van der Waals surface area contributed by atoms with Crippen molar-refractivity contribution in [1.29, 1.82) is 0 Å². The molecule has 1 aromatic rings. The molecule has 0 aliphatic rings. The van der Waals surface area contributed by atoms with Gasteiger partial charge in [0.1, 0.15) is 11.6 Å². The van der Waals surface area contributed by atoms with Crippen LogP contribution in [0.1, 0.15) is 20.3 Å². The van der Waals surface area contributed by atoms with Gasteiger partial charge in [-0.25, -0.2) is 4.98 Å². The molecule has 0 aromatic carbocycles. The second-order valence-electron chi connectivity index (χ2n) is 4.33. The fourth-order valence-electron chi connectivity index (χ4n) is 1.75. The first-order chi connectivity index (χ1) is 9.62. The summed E-state index contributed by atoms with van der Waals surface area (Å²) in [4.78, 5) is 17.0. The predicted octanol–water partition coefficient (Wildman–Crippen LogP) is 2.28. The van der Waals surface area contributed by atoms with Gasteiger partial charge in [-0.2, -0.15) is 0 Å². The average Bonchev–Trinajstić information content (AvgIpc) is 2.45. The molecular formula is C13H22N4O3. The Labute approximate surface area is 119 Å². The van der Waals surface area contributed by atoms with Gasteiger partial charge in [0.25, 0.3) is 5.69 Å². The molecule has 112 valence electrons. The molecule has 7 heteroatoms. The second kappa shape index (κ2) is 8.31. The van der Waals surface area contributed by atoms with Gasteiger partial charge in [-0.15, -0.1) is 0 Å². The van der Waals surface area contributed by atoms with Crippen LogP contribution in [-0.2, 0) is 4.74 Å². The van der Waals surface area contributed by atoms with Crippen LogP contribution in [-0.4, -0.2) is 43.3 Å². The lowest BCUT2D eigenvalue weighted by Gasteiger charge is -2.22. The van der Waals surface area contributed by atoms with Gasteiger partial charge in [-0.3, -0.25) is 10.1 Å². The van der Waals surface area contributed by atoms with E-state index in [4.69, 9.17) is 4.74 Å². The Morgan fingerprint density at radius 3 is 2.75 bits per heavy atom. The molecule has 1 heterocycles. The summed E-state index contributed by atoms with van der Waals surface area (Å²) in [6.45, 7) is 6.66. The third kappa shape index (κ3) is 4.65. The summed E-state index contributed by atoms with van der Waals surface area (Å²) < 4.78 is 5.05. The maximum Gasteiger partial charge on any atom is 0.276 e. The number of hydrogen-bond donors (Lipinski definition) is 1. The summed E-state index contributed by atoms with van der Waals surface area (Å²) >= 11 is 0. The summed E-state index contributed by atoms with van der Waals surface area (Å²) in [5, 5.41) is 14.1. The van der Waals surface area contributed by atoms with Crippen molar-refractivity contribution in [3.05, 3.63) is 22.2 Å². The molecule has 0 radical (unpaired) electrons. The molecule has 0 aliphatic heterocycles. The van der Waals surface area contributed by atoms with E-state index in [2.05, 4.69) is 10.3 Å². The van der Waals surface area contributed by atoms with Crippen LogP contribution in [0.15, 0.2) is 12.1 Å². The molecule has 1 rings (SSSR count). The Balaban J connectivity index is 3.02. The third-order valence-electron chi connectivity index (χ3n) is 2.83. The number of anilines is 2. The minimum absolute atomic E-state index is 0.0458. The van der Waals surface area contributed by atoms with Gasteiger partial charge in [-0.1, -0.05) is 6.92 Å². The van der Waals surface area contributed by atoms with Gasteiger partial charge in [0.2, 0.25) is 0 Å². The molecule has 7 nitrogen and oxygen atoms in total. The van der Waals surface area contributed by atoms with Crippen LogP contribution in [0.3, 0.4) is 0 Å². The van der Waals surface area contributed by atoms with Gasteiger partial charge in [0, 0.05) is 26.7 Å². The van der Waals surface area contributed by atoms with Crippen molar-refractivity contribution in [3.63, 3.8) is 0 Å². The highest BCUT2D eigenvalue weighted by Gasteiger charge is 2.14. The molecule has 0 spiro atoms. The van der Waals surface area contributed by atoms with Crippen LogP contribution in [0.2, 0.25) is 0 Å². The number of nitrogens with one attached hydrogen (secondary N) is 1. The zero-order valence-electron chi connectivity index (χ0n) is 12.3. The van der Waals surface area contributed by atoms with Crippen LogP contribution in [0.25, 0.3) is 0 Å². The molecule has 0 atom stereocenters. The third-order valence-corrected chi connectivity index (χ3v) is 2.83. The molecular weight excluding hydrogens is 260 g/mol. The Bertz CT molecular complexity index is 440. The SMILES string of the molecule is CCCNc1cc([N+](=O)[O-])cc(N(CC)CCOC)n1. The van der Waals surface area contributed by atoms with Crippen LogP contribution in [0.5, 0.6) is 0 Å². The number of rotatable bonds is 9. The minimum Gasteiger partial charge on any atom is -0.383 e. The van der Waals surface area contributed by atoms with Crippen LogP contribution in [0, 0.1) is 10.1 Å². The number of methoxy groups -OCH3 is 1. The first-order valence-electron chi connectivity index (χ1n) is 6.76. The highest BCUT2D eigenvalue weighted by molar-refractivity contribution is 5.55. The van der Waals surface area contributed by atoms with E-state index >= 15 is 0 Å². The Morgan fingerprint density at radius 1 is 1.45 bits per heavy atom. The van der Waals surface area contributed by atoms with E-state index in [1.807, 2.05) is 18.7 Å². The average molecular weight is 282 g/mol. The fourth-order valence-corrected chi connectivity index (χ4v) is 1.75. The van der Waals surface area contributed by atoms with Crippen molar-refractivity contribution < 1.29 is 9.66 Å². The lowest BCUT2D eigenvalue weighted by atomic mass is 10.3. The topological polar surface area (TPSA) is 80.5 Å². The van der Waals surface area contributed by atoms with E-state index < -0.39 is 4.92 Å². The standard InChI is InChI=1S/C13H22N4O3/c1-4-6-14-12-9-11(17(18)19)10-13(15-12)16(5-2)7-8-20-3/h9-10H,4-8H2,1-3H3,(H,14,15). The highest BCUT2D eigenvalue weighted by Crippen LogP contribution is 2.23. The Kier molecular flexibility index (Phi) is 6.72. The van der Waals surface area contributed by atoms with Gasteiger partial charge in [0.15, 0.2) is 0 Å². The van der Waals surface area contributed by atoms with Crippen molar-refractivity contribution in [2.75, 3.05) is 43.6 Å². The van der Waals surface area contributed by atoms with E-state index in [9.17, 15) is 10.1 Å².